The van der Waals surface area contributed by atoms with E-state index < -0.39 is 0 Å². The molecule has 0 spiro atoms. The number of benzene rings is 2. The number of nitrogens with zero attached hydrogens (tertiary/aromatic N) is 1. The molecule has 2 aromatic carbocycles. The molecule has 0 aliphatic heterocycles. The minimum absolute atomic E-state index is 0.0838. The van der Waals surface area contributed by atoms with Crippen LogP contribution >= 0.6 is 0 Å². The molecule has 0 saturated carbocycles. The molecule has 23 heavy (non-hydrogen) atoms. The first kappa shape index (κ1) is 16.9. The quantitative estimate of drug-likeness (QED) is 0.833. The minimum atomic E-state index is -0.0838. The van der Waals surface area contributed by atoms with Gasteiger partial charge >= 0.3 is 0 Å². The van der Waals surface area contributed by atoms with E-state index in [4.69, 9.17) is 4.74 Å². The Morgan fingerprint density at radius 2 is 1.78 bits per heavy atom. The Kier molecular flexibility index (Phi) is 5.63. The van der Waals surface area contributed by atoms with Crippen LogP contribution in [0.25, 0.3) is 0 Å². The van der Waals surface area contributed by atoms with Crippen LogP contribution in [0.5, 0.6) is 5.75 Å². The van der Waals surface area contributed by atoms with Gasteiger partial charge in [0.15, 0.2) is 0 Å². The molecule has 0 unspecified atom stereocenters. The summed E-state index contributed by atoms with van der Waals surface area (Å²) in [7, 11) is 3.94. The van der Waals surface area contributed by atoms with Crippen molar-refractivity contribution in [2.45, 2.75) is 13.8 Å². The third kappa shape index (κ3) is 4.74. The molecule has 0 aliphatic carbocycles. The molecular weight excluding hydrogens is 288 g/mol. The molecule has 2 rings (SSSR count). The summed E-state index contributed by atoms with van der Waals surface area (Å²) in [6, 6.07) is 13.6. The molecule has 0 heterocycles. The molecule has 4 heteroatoms. The number of nitrogens with one attached hydrogen (secondary N) is 1. The Bertz CT molecular complexity index is 664. The van der Waals surface area contributed by atoms with Crippen molar-refractivity contribution in [2.24, 2.45) is 0 Å². The van der Waals surface area contributed by atoms with E-state index in [9.17, 15) is 4.79 Å². The zero-order valence-electron chi connectivity index (χ0n) is 14.2. The van der Waals surface area contributed by atoms with E-state index in [2.05, 4.69) is 18.3 Å². The van der Waals surface area contributed by atoms with Gasteiger partial charge in [0.05, 0.1) is 6.54 Å². The van der Waals surface area contributed by atoms with Gasteiger partial charge in [0, 0.05) is 25.3 Å². The summed E-state index contributed by atoms with van der Waals surface area (Å²) in [5, 5.41) is 2.87. The molecular formula is C19H24N2O2. The fraction of sp³-hybridized carbons (Fsp3) is 0.316. The average Bonchev–Trinajstić information content (AvgIpc) is 2.53. The smallest absolute Gasteiger partial charge is 0.251 e. The molecule has 122 valence electrons. The summed E-state index contributed by atoms with van der Waals surface area (Å²) >= 11 is 0. The van der Waals surface area contributed by atoms with E-state index in [0.717, 1.165) is 17.0 Å². The van der Waals surface area contributed by atoms with Crippen LogP contribution in [-0.2, 0) is 0 Å². The zero-order chi connectivity index (χ0) is 16.8. The second kappa shape index (κ2) is 7.68. The van der Waals surface area contributed by atoms with Gasteiger partial charge < -0.3 is 15.0 Å². The predicted octanol–water partition coefficient (Wildman–Crippen LogP) is 3.18. The summed E-state index contributed by atoms with van der Waals surface area (Å²) < 4.78 is 5.71. The highest BCUT2D eigenvalue weighted by Crippen LogP contribution is 2.18. The monoisotopic (exact) mass is 312 g/mol. The summed E-state index contributed by atoms with van der Waals surface area (Å²) in [5.74, 6) is 0.778. The Balaban J connectivity index is 1.80. The predicted molar refractivity (Wildman–Crippen MR) is 94.5 cm³/mol. The van der Waals surface area contributed by atoms with E-state index in [0.29, 0.717) is 18.7 Å². The number of carbonyl (C=O) groups excluding carboxylic acids is 1. The molecule has 0 radical (unpaired) electrons. The molecule has 0 saturated heterocycles. The molecule has 0 aliphatic rings. The largest absolute Gasteiger partial charge is 0.491 e. The fourth-order valence-corrected chi connectivity index (χ4v) is 2.30. The van der Waals surface area contributed by atoms with Crippen molar-refractivity contribution in [3.8, 4) is 5.75 Å². The van der Waals surface area contributed by atoms with E-state index in [1.165, 1.54) is 5.56 Å². The van der Waals surface area contributed by atoms with Crippen molar-refractivity contribution in [3.05, 3.63) is 59.2 Å². The van der Waals surface area contributed by atoms with Crippen LogP contribution in [0.15, 0.2) is 42.5 Å². The number of anilines is 1. The van der Waals surface area contributed by atoms with Crippen molar-refractivity contribution in [1.29, 1.82) is 0 Å². The van der Waals surface area contributed by atoms with Crippen molar-refractivity contribution >= 4 is 11.6 Å². The number of hydrogen-bond donors (Lipinski definition) is 1. The summed E-state index contributed by atoms with van der Waals surface area (Å²) in [6.45, 7) is 5.00. The Labute approximate surface area is 138 Å². The first-order valence-electron chi connectivity index (χ1n) is 7.73. The number of aryl methyl sites for hydroxylation is 2. The second-order valence-corrected chi connectivity index (χ2v) is 5.81. The first-order valence-corrected chi connectivity index (χ1v) is 7.73. The third-order valence-corrected chi connectivity index (χ3v) is 3.62. The number of amides is 1. The summed E-state index contributed by atoms with van der Waals surface area (Å²) in [4.78, 5) is 14.1. The van der Waals surface area contributed by atoms with Crippen molar-refractivity contribution < 1.29 is 9.53 Å². The number of hydrogen-bond acceptors (Lipinski definition) is 3. The van der Waals surface area contributed by atoms with Crippen LogP contribution in [0.2, 0.25) is 0 Å². The van der Waals surface area contributed by atoms with Gasteiger partial charge in [-0.1, -0.05) is 17.7 Å². The molecule has 0 bridgehead atoms. The average molecular weight is 312 g/mol. The maximum atomic E-state index is 12.1. The van der Waals surface area contributed by atoms with Gasteiger partial charge in [-0.3, -0.25) is 4.79 Å². The molecule has 2 aromatic rings. The number of rotatable bonds is 6. The van der Waals surface area contributed by atoms with Gasteiger partial charge in [-0.25, -0.2) is 0 Å². The number of carbonyl (C=O) groups is 1. The standard InChI is InChI=1S/C19H24N2O2/c1-14-5-10-18(15(2)13-14)23-12-11-20-19(22)16-6-8-17(9-7-16)21(3)4/h5-10,13H,11-12H2,1-4H3,(H,20,22). The normalized spacial score (nSPS) is 10.3. The second-order valence-electron chi connectivity index (χ2n) is 5.81. The topological polar surface area (TPSA) is 41.6 Å². The van der Waals surface area contributed by atoms with Gasteiger partial charge in [0.2, 0.25) is 0 Å². The van der Waals surface area contributed by atoms with Crippen LogP contribution in [0.4, 0.5) is 5.69 Å². The molecule has 0 fully saturated rings. The summed E-state index contributed by atoms with van der Waals surface area (Å²) in [5.41, 5.74) is 4.04. The van der Waals surface area contributed by atoms with Gasteiger partial charge in [-0.15, -0.1) is 0 Å². The van der Waals surface area contributed by atoms with Crippen LogP contribution in [-0.4, -0.2) is 33.2 Å². The van der Waals surface area contributed by atoms with Crippen LogP contribution < -0.4 is 15.0 Å². The van der Waals surface area contributed by atoms with Crippen LogP contribution in [0, 0.1) is 13.8 Å². The van der Waals surface area contributed by atoms with E-state index in [1.54, 1.807) is 0 Å². The highest BCUT2D eigenvalue weighted by Gasteiger charge is 2.06. The molecule has 0 aromatic heterocycles. The summed E-state index contributed by atoms with van der Waals surface area (Å²) in [6.07, 6.45) is 0. The third-order valence-electron chi connectivity index (χ3n) is 3.62. The maximum Gasteiger partial charge on any atom is 0.251 e. The minimum Gasteiger partial charge on any atom is -0.491 e. The van der Waals surface area contributed by atoms with Gasteiger partial charge in [-0.2, -0.15) is 0 Å². The zero-order valence-corrected chi connectivity index (χ0v) is 14.2. The maximum absolute atomic E-state index is 12.1. The lowest BCUT2D eigenvalue weighted by molar-refractivity contribution is 0.0947. The van der Waals surface area contributed by atoms with Gasteiger partial charge in [-0.05, 0) is 49.7 Å². The Morgan fingerprint density at radius 3 is 2.39 bits per heavy atom. The van der Waals surface area contributed by atoms with Gasteiger partial charge in [0.1, 0.15) is 12.4 Å². The molecule has 1 N–H and O–H groups in total. The molecule has 0 atom stereocenters. The fourth-order valence-electron chi connectivity index (χ4n) is 2.30. The molecule has 1 amide bonds. The lowest BCUT2D eigenvalue weighted by Gasteiger charge is -2.13. The lowest BCUT2D eigenvalue weighted by atomic mass is 10.1. The van der Waals surface area contributed by atoms with E-state index in [1.807, 2.05) is 62.3 Å². The van der Waals surface area contributed by atoms with Crippen LogP contribution in [0.1, 0.15) is 21.5 Å². The highest BCUT2D eigenvalue weighted by atomic mass is 16.5. The Morgan fingerprint density at radius 1 is 1.09 bits per heavy atom. The van der Waals surface area contributed by atoms with Crippen molar-refractivity contribution in [3.63, 3.8) is 0 Å². The van der Waals surface area contributed by atoms with Crippen molar-refractivity contribution in [1.82, 2.24) is 5.32 Å². The number of ether oxygens (including phenoxy) is 1. The van der Waals surface area contributed by atoms with Crippen molar-refractivity contribution in [2.75, 3.05) is 32.1 Å². The molecule has 4 nitrogen and oxygen atoms in total. The van der Waals surface area contributed by atoms with Gasteiger partial charge in [0.25, 0.3) is 5.91 Å². The Hall–Kier alpha value is -2.49. The van der Waals surface area contributed by atoms with E-state index >= 15 is 0 Å². The highest BCUT2D eigenvalue weighted by molar-refractivity contribution is 5.94. The SMILES string of the molecule is Cc1ccc(OCCNC(=O)c2ccc(N(C)C)cc2)c(C)c1. The first-order chi connectivity index (χ1) is 11.0. The van der Waals surface area contributed by atoms with E-state index in [-0.39, 0.29) is 5.91 Å². The van der Waals surface area contributed by atoms with Crippen LogP contribution in [0.3, 0.4) is 0 Å². The lowest BCUT2D eigenvalue weighted by Crippen LogP contribution is -2.28.